The van der Waals surface area contributed by atoms with E-state index >= 15 is 0 Å². The van der Waals surface area contributed by atoms with E-state index < -0.39 is 30.5 Å². The van der Waals surface area contributed by atoms with Crippen molar-refractivity contribution in [3.63, 3.8) is 0 Å². The molecule has 6 aromatic carbocycles. The molecule has 6 aromatic rings. The molecule has 9 nitrogen and oxygen atoms in total. The van der Waals surface area contributed by atoms with Crippen LogP contribution in [0.1, 0.15) is 58.2 Å². The Morgan fingerprint density at radius 3 is 1.28 bits per heavy atom. The van der Waals surface area contributed by atoms with E-state index in [0.717, 1.165) is 43.4 Å². The van der Waals surface area contributed by atoms with Crippen LogP contribution in [0, 0.1) is 17.5 Å². The highest BCUT2D eigenvalue weighted by molar-refractivity contribution is 9.10. The molecular weight excluding hydrogens is 993 g/mol. The number of carbonyl (C=O) groups excluding carboxylic acids is 2. The molecule has 0 atom stereocenters. The number of alkyl carbamates (subject to hydrolysis) is 2. The van der Waals surface area contributed by atoms with Gasteiger partial charge in [0.15, 0.2) is 0 Å². The van der Waals surface area contributed by atoms with Gasteiger partial charge in [0.25, 0.3) is 0 Å². The van der Waals surface area contributed by atoms with E-state index in [0.29, 0.717) is 25.1 Å². The molecule has 17 heteroatoms. The van der Waals surface area contributed by atoms with Gasteiger partial charge in [-0.3, -0.25) is 0 Å². The molecule has 0 aliphatic rings. The van der Waals surface area contributed by atoms with Crippen molar-refractivity contribution >= 4 is 76.3 Å². The van der Waals surface area contributed by atoms with Crippen LogP contribution < -0.4 is 21.8 Å². The first-order valence-corrected chi connectivity index (χ1v) is 22.3. The molecule has 0 radical (unpaired) electrons. The summed E-state index contributed by atoms with van der Waals surface area (Å²) in [5.41, 5.74) is 11.9. The van der Waals surface area contributed by atoms with Crippen LogP contribution in [-0.4, -0.2) is 45.9 Å². The first kappa shape index (κ1) is 60.0. The Kier molecular flexibility index (Phi) is 27.8. The standard InChI is InChI=1S/C18H20FNO2.C13H12FN.C12H16BrNO2.C6H6BFO2.CH2Cl2.ClH/c1-18(2,3)22-17(21)20-12-13-5-4-6-15(11-13)14-7-9-16(19)10-8-14;14-13-6-4-11(5-7-13)12-3-1-2-10(8-12)9-15;1-12(2,3)16-11(15)14-8-9-5-4-6-10(13)7-9;8-6-3-1-5(2-4-6)7(9)10;2-1-3;/h4-11H,12H2,1-3H3,(H,20,21);1-8H,9,15H2;4-7H,8H2,1-3H3,(H,14,15);1-4,9-10H;1H2;1H. The molecule has 0 saturated heterocycles. The molecule has 0 spiro atoms. The summed E-state index contributed by atoms with van der Waals surface area (Å²) in [4.78, 5) is 23.0. The number of hydrogen-bond donors (Lipinski definition) is 5. The topological polar surface area (TPSA) is 143 Å². The summed E-state index contributed by atoms with van der Waals surface area (Å²) in [5.74, 6) is -0.857. The molecule has 0 aromatic heterocycles. The third-order valence-corrected chi connectivity index (χ3v) is 8.67. The largest absolute Gasteiger partial charge is 0.488 e. The van der Waals surface area contributed by atoms with Crippen LogP contribution in [0.5, 0.6) is 0 Å². The summed E-state index contributed by atoms with van der Waals surface area (Å²) in [6.07, 6.45) is -0.841. The summed E-state index contributed by atoms with van der Waals surface area (Å²) in [6, 6.07) is 41.2. The molecule has 0 aliphatic carbocycles. The second kappa shape index (κ2) is 31.1. The monoisotopic (exact) mass is 1050 g/mol. The lowest BCUT2D eigenvalue weighted by atomic mass is 9.80. The van der Waals surface area contributed by atoms with E-state index in [9.17, 15) is 22.8 Å². The average Bonchev–Trinajstić information content (AvgIpc) is 3.26. The van der Waals surface area contributed by atoms with Crippen LogP contribution in [0.4, 0.5) is 22.8 Å². The van der Waals surface area contributed by atoms with Crippen LogP contribution in [0.25, 0.3) is 22.3 Å². The molecular formula is C50H57BBrCl3F3N3O6. The van der Waals surface area contributed by atoms with E-state index in [-0.39, 0.29) is 35.2 Å². The fourth-order valence-corrected chi connectivity index (χ4v) is 5.73. The van der Waals surface area contributed by atoms with Crippen LogP contribution in [0.2, 0.25) is 0 Å². The Morgan fingerprint density at radius 1 is 0.582 bits per heavy atom. The molecule has 0 aliphatic heterocycles. The lowest BCUT2D eigenvalue weighted by molar-refractivity contribution is 0.0512. The van der Waals surface area contributed by atoms with Crippen LogP contribution >= 0.6 is 51.5 Å². The number of ether oxygens (including phenoxy) is 2. The number of carbonyl (C=O) groups is 2. The van der Waals surface area contributed by atoms with Crippen molar-refractivity contribution in [2.24, 2.45) is 5.73 Å². The van der Waals surface area contributed by atoms with Gasteiger partial charge in [0.05, 0.1) is 5.34 Å². The highest BCUT2D eigenvalue weighted by atomic mass is 79.9. The van der Waals surface area contributed by atoms with Gasteiger partial charge in [-0.2, -0.15) is 0 Å². The highest BCUT2D eigenvalue weighted by Gasteiger charge is 2.17. The first-order chi connectivity index (χ1) is 31.1. The number of rotatable bonds is 8. The zero-order valence-corrected chi connectivity index (χ0v) is 42.0. The summed E-state index contributed by atoms with van der Waals surface area (Å²) in [6.45, 7) is 12.3. The van der Waals surface area contributed by atoms with Crippen LogP contribution in [-0.2, 0) is 29.1 Å². The summed E-state index contributed by atoms with van der Waals surface area (Å²) < 4.78 is 49.2. The molecule has 0 heterocycles. The van der Waals surface area contributed by atoms with Crippen LogP contribution in [0.3, 0.4) is 0 Å². The van der Waals surface area contributed by atoms with E-state index in [1.807, 2.05) is 114 Å². The maximum atomic E-state index is 13.0. The third-order valence-electron chi connectivity index (χ3n) is 8.17. The smallest absolute Gasteiger partial charge is 0.444 e. The van der Waals surface area contributed by atoms with E-state index in [1.165, 1.54) is 48.5 Å². The van der Waals surface area contributed by atoms with Crippen molar-refractivity contribution < 1.29 is 42.3 Å². The average molecular weight is 1050 g/mol. The van der Waals surface area contributed by atoms with Crippen molar-refractivity contribution in [1.29, 1.82) is 0 Å². The van der Waals surface area contributed by atoms with Gasteiger partial charge >= 0.3 is 19.3 Å². The number of nitrogens with one attached hydrogen (secondary N) is 2. The Morgan fingerprint density at radius 2 is 0.925 bits per heavy atom. The van der Waals surface area contributed by atoms with Crippen LogP contribution in [0.15, 0.2) is 150 Å². The number of alkyl halides is 2. The van der Waals surface area contributed by atoms with Crippen molar-refractivity contribution in [3.05, 3.63) is 184 Å². The van der Waals surface area contributed by atoms with E-state index in [1.54, 1.807) is 24.3 Å². The molecule has 0 fully saturated rings. The highest BCUT2D eigenvalue weighted by Crippen LogP contribution is 2.22. The zero-order chi connectivity index (χ0) is 49.3. The first-order valence-electron chi connectivity index (χ1n) is 20.4. The SMILES string of the molecule is CC(C)(C)OC(=O)NCc1cccc(-c2ccc(F)cc2)c1.CC(C)(C)OC(=O)NCc1cccc(Br)c1.Cl.ClCCl.NCc1cccc(-c2ccc(F)cc2)c1.OB(O)c1ccc(F)cc1. The van der Waals surface area contributed by atoms with Gasteiger partial charge in [0.2, 0.25) is 0 Å². The lowest BCUT2D eigenvalue weighted by Gasteiger charge is -2.19. The van der Waals surface area contributed by atoms with E-state index in [4.69, 9.17) is 48.5 Å². The number of halogens is 7. The molecule has 6 N–H and O–H groups in total. The van der Waals surface area contributed by atoms with Gasteiger partial charge in [-0.25, -0.2) is 22.8 Å². The van der Waals surface area contributed by atoms with Gasteiger partial charge in [0.1, 0.15) is 28.7 Å². The fraction of sp³-hybridized carbons (Fsp3) is 0.240. The predicted molar refractivity (Wildman–Crippen MR) is 272 cm³/mol. The number of nitrogens with two attached hydrogens (primary N) is 1. The van der Waals surface area contributed by atoms with Gasteiger partial charge in [0, 0.05) is 24.1 Å². The second-order valence-corrected chi connectivity index (χ2v) is 17.7. The molecule has 0 saturated carbocycles. The Balaban J connectivity index is 0.000000449. The minimum absolute atomic E-state index is 0. The Hall–Kier alpha value is -5.06. The van der Waals surface area contributed by atoms with Gasteiger partial charge in [-0.1, -0.05) is 101 Å². The molecule has 67 heavy (non-hydrogen) atoms. The Labute approximate surface area is 416 Å². The quantitative estimate of drug-likeness (QED) is 0.0754. The van der Waals surface area contributed by atoms with Gasteiger partial charge in [-0.15, -0.1) is 35.6 Å². The number of benzene rings is 6. The summed E-state index contributed by atoms with van der Waals surface area (Å²) in [5, 5.41) is 22.7. The molecule has 0 unspecified atom stereocenters. The molecule has 360 valence electrons. The predicted octanol–water partition coefficient (Wildman–Crippen LogP) is 12.3. The fourth-order valence-electron chi connectivity index (χ4n) is 5.28. The lowest BCUT2D eigenvalue weighted by Crippen LogP contribution is -2.32. The number of amides is 2. The minimum Gasteiger partial charge on any atom is -0.444 e. The van der Waals surface area contributed by atoms with Crippen molar-refractivity contribution in [1.82, 2.24) is 10.6 Å². The van der Waals surface area contributed by atoms with Crippen molar-refractivity contribution in [2.45, 2.75) is 72.4 Å². The third kappa shape index (κ3) is 26.8. The summed E-state index contributed by atoms with van der Waals surface area (Å²) >= 11 is 12.9. The molecule has 6 rings (SSSR count). The van der Waals surface area contributed by atoms with E-state index in [2.05, 4.69) is 26.6 Å². The maximum Gasteiger partial charge on any atom is 0.488 e. The number of hydrogen-bond acceptors (Lipinski definition) is 7. The zero-order valence-electron chi connectivity index (χ0n) is 38.0. The normalized spacial score (nSPS) is 10.3. The second-order valence-electron chi connectivity index (χ2n) is 16.0. The molecule has 2 amide bonds. The van der Waals surface area contributed by atoms with Gasteiger partial charge < -0.3 is 35.9 Å². The van der Waals surface area contributed by atoms with Crippen molar-refractivity contribution in [2.75, 3.05) is 5.34 Å². The maximum absolute atomic E-state index is 13.0. The van der Waals surface area contributed by atoms with Crippen molar-refractivity contribution in [3.8, 4) is 22.3 Å². The summed E-state index contributed by atoms with van der Waals surface area (Å²) in [7, 11) is -1.51. The minimum atomic E-state index is -1.51. The van der Waals surface area contributed by atoms with Gasteiger partial charge in [-0.05, 0) is 147 Å². The Bertz CT molecular complexity index is 2360. The molecule has 0 bridgehead atoms.